The van der Waals surface area contributed by atoms with Gasteiger partial charge in [0.2, 0.25) is 0 Å². The van der Waals surface area contributed by atoms with E-state index < -0.39 is 11.8 Å². The monoisotopic (exact) mass is 365 g/mol. The topological polar surface area (TPSA) is 46.6 Å². The Morgan fingerprint density at radius 1 is 1.07 bits per heavy atom. The molecule has 0 aromatic heterocycles. The predicted octanol–water partition coefficient (Wildman–Crippen LogP) is 3.70. The minimum absolute atomic E-state index is 0.244. The largest absolute Gasteiger partial charge is 0.452 e. The Hall–Kier alpha value is -3.21. The third kappa shape index (κ3) is 5.14. The van der Waals surface area contributed by atoms with Crippen molar-refractivity contribution < 1.29 is 18.7 Å². The van der Waals surface area contributed by atoms with Crippen LogP contribution in [0.1, 0.15) is 17.5 Å². The molecular weight excluding hydrogens is 345 g/mol. The van der Waals surface area contributed by atoms with Crippen molar-refractivity contribution in [3.05, 3.63) is 83.7 Å². The number of hydrogen-bond acceptors (Lipinski definition) is 3. The number of amides is 1. The average molecular weight is 365 g/mol. The summed E-state index contributed by atoms with van der Waals surface area (Å²) in [6, 6.07) is 16.1. The highest BCUT2D eigenvalue weighted by atomic mass is 19.1. The molecule has 0 saturated carbocycles. The highest BCUT2D eigenvalue weighted by Crippen LogP contribution is 2.21. The van der Waals surface area contributed by atoms with E-state index in [0.717, 1.165) is 18.1 Å². The molecule has 2 aromatic rings. The zero-order valence-electron chi connectivity index (χ0n) is 14.8. The summed E-state index contributed by atoms with van der Waals surface area (Å²) in [5.74, 6) is -1.35. The van der Waals surface area contributed by atoms with E-state index in [1.54, 1.807) is 23.1 Å². The lowest BCUT2D eigenvalue weighted by atomic mass is 10.00. The molecule has 0 unspecified atom stereocenters. The highest BCUT2D eigenvalue weighted by molar-refractivity contribution is 5.89. The molecule has 4 nitrogen and oxygen atoms in total. The SMILES string of the molecule is O=C(/C=C/c1ccccc1F)OCC(=O)N1CC=C(c2ccccc2)CC1. The summed E-state index contributed by atoms with van der Waals surface area (Å²) in [5, 5.41) is 0. The highest BCUT2D eigenvalue weighted by Gasteiger charge is 2.18. The van der Waals surface area contributed by atoms with Gasteiger partial charge in [0.25, 0.3) is 5.91 Å². The standard InChI is InChI=1S/C22H20FNO3/c23-20-9-5-4-8-19(20)10-11-22(26)27-16-21(25)24-14-12-18(13-15-24)17-6-2-1-3-7-17/h1-12H,13-16H2/b11-10+. The fraction of sp³-hybridized carbons (Fsp3) is 0.182. The van der Waals surface area contributed by atoms with Crippen LogP contribution in [0.15, 0.2) is 66.7 Å². The number of benzene rings is 2. The van der Waals surface area contributed by atoms with Crippen molar-refractivity contribution in [1.82, 2.24) is 4.90 Å². The Morgan fingerprint density at radius 3 is 2.52 bits per heavy atom. The van der Waals surface area contributed by atoms with Crippen molar-refractivity contribution in [3.8, 4) is 0 Å². The second-order valence-corrected chi connectivity index (χ2v) is 6.15. The lowest BCUT2D eigenvalue weighted by molar-refractivity contribution is -0.147. The fourth-order valence-corrected chi connectivity index (χ4v) is 2.85. The van der Waals surface area contributed by atoms with E-state index >= 15 is 0 Å². The van der Waals surface area contributed by atoms with Gasteiger partial charge >= 0.3 is 5.97 Å². The Kier molecular flexibility index (Phi) is 6.15. The van der Waals surface area contributed by atoms with Gasteiger partial charge in [0.05, 0.1) is 0 Å². The van der Waals surface area contributed by atoms with E-state index in [2.05, 4.69) is 0 Å². The number of halogens is 1. The normalized spacial score (nSPS) is 14.1. The van der Waals surface area contributed by atoms with Gasteiger partial charge in [-0.2, -0.15) is 0 Å². The van der Waals surface area contributed by atoms with Crippen LogP contribution in [0.3, 0.4) is 0 Å². The average Bonchev–Trinajstić information content (AvgIpc) is 2.72. The summed E-state index contributed by atoms with van der Waals surface area (Å²) < 4.78 is 18.5. The molecule has 0 radical (unpaired) electrons. The first-order valence-corrected chi connectivity index (χ1v) is 8.75. The van der Waals surface area contributed by atoms with Crippen molar-refractivity contribution in [2.24, 2.45) is 0 Å². The summed E-state index contributed by atoms with van der Waals surface area (Å²) in [6.45, 7) is 0.753. The Balaban J connectivity index is 1.48. The van der Waals surface area contributed by atoms with Crippen LogP contribution in [0.5, 0.6) is 0 Å². The van der Waals surface area contributed by atoms with Gasteiger partial charge in [-0.05, 0) is 29.7 Å². The number of ether oxygens (including phenoxy) is 1. The molecule has 0 spiro atoms. The zero-order valence-corrected chi connectivity index (χ0v) is 14.8. The zero-order chi connectivity index (χ0) is 19.1. The van der Waals surface area contributed by atoms with Crippen molar-refractivity contribution in [3.63, 3.8) is 0 Å². The number of carbonyl (C=O) groups is 2. The number of nitrogens with zero attached hydrogens (tertiary/aromatic N) is 1. The molecule has 0 atom stereocenters. The molecule has 0 bridgehead atoms. The summed E-state index contributed by atoms with van der Waals surface area (Å²) in [7, 11) is 0. The van der Waals surface area contributed by atoms with E-state index in [9.17, 15) is 14.0 Å². The minimum Gasteiger partial charge on any atom is -0.452 e. The molecule has 138 valence electrons. The number of carbonyl (C=O) groups excluding carboxylic acids is 2. The molecule has 5 heteroatoms. The van der Waals surface area contributed by atoms with E-state index in [1.807, 2.05) is 36.4 Å². The van der Waals surface area contributed by atoms with Crippen LogP contribution in [-0.4, -0.2) is 36.5 Å². The van der Waals surface area contributed by atoms with Crippen LogP contribution in [0.2, 0.25) is 0 Å². The Labute approximate surface area is 157 Å². The smallest absolute Gasteiger partial charge is 0.331 e. The van der Waals surface area contributed by atoms with E-state index in [-0.39, 0.29) is 18.1 Å². The first-order chi connectivity index (χ1) is 13.1. The third-order valence-electron chi connectivity index (χ3n) is 4.35. The van der Waals surface area contributed by atoms with Crippen molar-refractivity contribution >= 4 is 23.5 Å². The van der Waals surface area contributed by atoms with Gasteiger partial charge in [-0.15, -0.1) is 0 Å². The van der Waals surface area contributed by atoms with Crippen LogP contribution in [0.25, 0.3) is 11.6 Å². The molecule has 1 aliphatic rings. The van der Waals surface area contributed by atoms with Crippen LogP contribution in [0, 0.1) is 5.82 Å². The molecule has 0 fully saturated rings. The van der Waals surface area contributed by atoms with E-state index in [1.165, 1.54) is 17.7 Å². The molecule has 0 saturated heterocycles. The number of rotatable bonds is 5. The first kappa shape index (κ1) is 18.6. The summed E-state index contributed by atoms with van der Waals surface area (Å²) in [4.78, 5) is 25.6. The Bertz CT molecular complexity index is 874. The second kappa shape index (κ2) is 8.94. The van der Waals surface area contributed by atoms with Crippen molar-refractivity contribution in [2.75, 3.05) is 19.7 Å². The van der Waals surface area contributed by atoms with Gasteiger partial charge in [-0.1, -0.05) is 54.6 Å². The second-order valence-electron chi connectivity index (χ2n) is 6.15. The van der Waals surface area contributed by atoms with Gasteiger partial charge in [-0.3, -0.25) is 4.79 Å². The van der Waals surface area contributed by atoms with E-state index in [0.29, 0.717) is 13.1 Å². The van der Waals surface area contributed by atoms with Gasteiger partial charge in [0.1, 0.15) is 5.82 Å². The fourth-order valence-electron chi connectivity index (χ4n) is 2.85. The molecule has 1 heterocycles. The molecule has 0 aliphatic carbocycles. The summed E-state index contributed by atoms with van der Waals surface area (Å²) in [5.41, 5.74) is 2.66. The van der Waals surface area contributed by atoms with Crippen LogP contribution < -0.4 is 0 Å². The first-order valence-electron chi connectivity index (χ1n) is 8.75. The minimum atomic E-state index is -0.677. The van der Waals surface area contributed by atoms with Crippen LogP contribution >= 0.6 is 0 Å². The molecule has 27 heavy (non-hydrogen) atoms. The Morgan fingerprint density at radius 2 is 1.81 bits per heavy atom. The maximum absolute atomic E-state index is 13.5. The van der Waals surface area contributed by atoms with Gasteiger partial charge in [0.15, 0.2) is 6.61 Å². The van der Waals surface area contributed by atoms with Crippen LogP contribution in [0.4, 0.5) is 4.39 Å². The molecular formula is C22H20FNO3. The molecule has 1 aliphatic heterocycles. The predicted molar refractivity (Wildman–Crippen MR) is 102 cm³/mol. The molecule has 0 N–H and O–H groups in total. The van der Waals surface area contributed by atoms with Gasteiger partial charge < -0.3 is 9.64 Å². The summed E-state index contributed by atoms with van der Waals surface area (Å²) >= 11 is 0. The molecule has 3 rings (SSSR count). The van der Waals surface area contributed by atoms with Crippen LogP contribution in [-0.2, 0) is 14.3 Å². The van der Waals surface area contributed by atoms with Gasteiger partial charge in [-0.25, -0.2) is 9.18 Å². The quantitative estimate of drug-likeness (QED) is 0.600. The lowest BCUT2D eigenvalue weighted by Gasteiger charge is -2.26. The molecule has 1 amide bonds. The van der Waals surface area contributed by atoms with Crippen molar-refractivity contribution in [1.29, 1.82) is 0 Å². The number of hydrogen-bond donors (Lipinski definition) is 0. The lowest BCUT2D eigenvalue weighted by Crippen LogP contribution is -2.37. The summed E-state index contributed by atoms with van der Waals surface area (Å²) in [6.07, 6.45) is 5.24. The third-order valence-corrected chi connectivity index (χ3v) is 4.35. The van der Waals surface area contributed by atoms with Gasteiger partial charge in [0, 0.05) is 24.7 Å². The molecule has 2 aromatic carbocycles. The number of esters is 1. The maximum atomic E-state index is 13.5. The van der Waals surface area contributed by atoms with E-state index in [4.69, 9.17) is 4.74 Å². The van der Waals surface area contributed by atoms with Crippen molar-refractivity contribution in [2.45, 2.75) is 6.42 Å². The maximum Gasteiger partial charge on any atom is 0.331 e.